The fraction of sp³-hybridized carbons (Fsp3) is 0. The van der Waals surface area contributed by atoms with Gasteiger partial charge in [0.05, 0.1) is 10.2 Å². The smallest absolute Gasteiger partial charge is 0.189 e. The predicted molar refractivity (Wildman–Crippen MR) is 66.0 cm³/mol. The molecule has 0 bridgehead atoms. The van der Waals surface area contributed by atoms with Crippen molar-refractivity contribution >= 4 is 32.5 Å². The maximum atomic E-state index is 4.42. The lowest BCUT2D eigenvalue weighted by molar-refractivity contribution is 1.30. The molecule has 3 aromatic rings. The highest BCUT2D eigenvalue weighted by Crippen LogP contribution is 2.26. The SMILES string of the molecule is [c]1cccc2sc(Nc3ccccn3)nc12. The predicted octanol–water partition coefficient (Wildman–Crippen LogP) is 3.24. The van der Waals surface area contributed by atoms with Gasteiger partial charge >= 0.3 is 0 Å². The molecule has 3 nitrogen and oxygen atoms in total. The number of hydrogen-bond acceptors (Lipinski definition) is 4. The highest BCUT2D eigenvalue weighted by molar-refractivity contribution is 7.22. The molecule has 77 valence electrons. The first-order valence-corrected chi connectivity index (χ1v) is 5.69. The lowest BCUT2D eigenvalue weighted by Crippen LogP contribution is -1.90. The maximum Gasteiger partial charge on any atom is 0.189 e. The molecule has 0 aliphatic rings. The zero-order chi connectivity index (χ0) is 10.8. The summed E-state index contributed by atoms with van der Waals surface area (Å²) in [7, 11) is 0. The van der Waals surface area contributed by atoms with Crippen molar-refractivity contribution in [3.05, 3.63) is 48.7 Å². The number of aromatic nitrogens is 2. The van der Waals surface area contributed by atoms with Crippen molar-refractivity contribution < 1.29 is 0 Å². The number of anilines is 2. The molecule has 1 radical (unpaired) electrons. The lowest BCUT2D eigenvalue weighted by Gasteiger charge is -1.98. The fourth-order valence-corrected chi connectivity index (χ4v) is 2.26. The highest BCUT2D eigenvalue weighted by atomic mass is 32.1. The second-order valence-electron chi connectivity index (χ2n) is 3.24. The van der Waals surface area contributed by atoms with Crippen LogP contribution in [0.1, 0.15) is 0 Å². The topological polar surface area (TPSA) is 37.8 Å². The molecule has 0 spiro atoms. The number of nitrogens with one attached hydrogen (secondary N) is 1. The van der Waals surface area contributed by atoms with Crippen LogP contribution in [0.2, 0.25) is 0 Å². The molecule has 16 heavy (non-hydrogen) atoms. The molecule has 0 unspecified atom stereocenters. The summed E-state index contributed by atoms with van der Waals surface area (Å²) in [6, 6.07) is 14.7. The molecule has 2 aromatic heterocycles. The van der Waals surface area contributed by atoms with Crippen LogP contribution in [-0.4, -0.2) is 9.97 Å². The average molecular weight is 226 g/mol. The maximum absolute atomic E-state index is 4.42. The zero-order valence-electron chi connectivity index (χ0n) is 8.34. The Morgan fingerprint density at radius 1 is 1.19 bits per heavy atom. The summed E-state index contributed by atoms with van der Waals surface area (Å²) in [5.41, 5.74) is 0.894. The summed E-state index contributed by atoms with van der Waals surface area (Å²) in [5, 5.41) is 4.01. The van der Waals surface area contributed by atoms with Gasteiger partial charge in [0.25, 0.3) is 0 Å². The van der Waals surface area contributed by atoms with E-state index in [1.54, 1.807) is 17.5 Å². The first kappa shape index (κ1) is 9.30. The van der Waals surface area contributed by atoms with Crippen LogP contribution >= 0.6 is 11.3 Å². The monoisotopic (exact) mass is 226 g/mol. The molecule has 4 heteroatoms. The van der Waals surface area contributed by atoms with E-state index >= 15 is 0 Å². The molecule has 2 heterocycles. The molecule has 0 aliphatic carbocycles. The van der Waals surface area contributed by atoms with Gasteiger partial charge in [-0.2, -0.15) is 0 Å². The minimum Gasteiger partial charge on any atom is -0.316 e. The summed E-state index contributed by atoms with van der Waals surface area (Å²) >= 11 is 1.60. The van der Waals surface area contributed by atoms with Gasteiger partial charge in [0, 0.05) is 12.3 Å². The number of benzene rings is 1. The number of para-hydroxylation sites is 1. The quantitative estimate of drug-likeness (QED) is 0.729. The van der Waals surface area contributed by atoms with Crippen LogP contribution in [0, 0.1) is 6.07 Å². The molecule has 0 aliphatic heterocycles. The molecule has 0 amide bonds. The molecule has 0 saturated carbocycles. The Morgan fingerprint density at radius 3 is 3.00 bits per heavy atom. The fourth-order valence-electron chi connectivity index (χ4n) is 1.41. The van der Waals surface area contributed by atoms with Crippen molar-refractivity contribution in [3.63, 3.8) is 0 Å². The number of thiazole rings is 1. The standard InChI is InChI=1S/C12H8N3S/c1-2-6-10-9(5-1)14-12(16-10)15-11-7-3-4-8-13-11/h1-4,6-8H,(H,13,14,15). The first-order valence-electron chi connectivity index (χ1n) is 4.87. The lowest BCUT2D eigenvalue weighted by atomic mass is 10.3. The molecule has 1 aromatic carbocycles. The van der Waals surface area contributed by atoms with Crippen molar-refractivity contribution in [2.45, 2.75) is 0 Å². The van der Waals surface area contributed by atoms with Gasteiger partial charge in [-0.15, -0.1) is 0 Å². The van der Waals surface area contributed by atoms with E-state index in [1.807, 2.05) is 36.4 Å². The Morgan fingerprint density at radius 2 is 2.19 bits per heavy atom. The Kier molecular flexibility index (Phi) is 2.27. The van der Waals surface area contributed by atoms with Crippen molar-refractivity contribution in [1.29, 1.82) is 0 Å². The van der Waals surface area contributed by atoms with E-state index < -0.39 is 0 Å². The highest BCUT2D eigenvalue weighted by Gasteiger charge is 2.03. The third-order valence-corrected chi connectivity index (χ3v) is 3.05. The van der Waals surface area contributed by atoms with E-state index in [2.05, 4.69) is 21.4 Å². The third-order valence-electron chi connectivity index (χ3n) is 2.12. The minimum absolute atomic E-state index is 0.807. The van der Waals surface area contributed by atoms with Crippen molar-refractivity contribution in [2.75, 3.05) is 5.32 Å². The molecule has 0 atom stereocenters. The van der Waals surface area contributed by atoms with Crippen LogP contribution in [0.5, 0.6) is 0 Å². The van der Waals surface area contributed by atoms with Gasteiger partial charge in [0.1, 0.15) is 5.82 Å². The van der Waals surface area contributed by atoms with Crippen LogP contribution in [0.3, 0.4) is 0 Å². The molecule has 0 saturated heterocycles. The van der Waals surface area contributed by atoms with Gasteiger partial charge in [-0.1, -0.05) is 29.5 Å². The van der Waals surface area contributed by atoms with E-state index in [-0.39, 0.29) is 0 Å². The largest absolute Gasteiger partial charge is 0.316 e. The zero-order valence-corrected chi connectivity index (χ0v) is 9.16. The van der Waals surface area contributed by atoms with Gasteiger partial charge in [0.15, 0.2) is 5.13 Å². The molecule has 0 fully saturated rings. The van der Waals surface area contributed by atoms with E-state index in [1.165, 1.54) is 0 Å². The number of nitrogens with zero attached hydrogens (tertiary/aromatic N) is 2. The second kappa shape index (κ2) is 3.90. The van der Waals surface area contributed by atoms with Gasteiger partial charge in [-0.25, -0.2) is 9.97 Å². The first-order chi connectivity index (χ1) is 7.92. The van der Waals surface area contributed by atoms with Crippen LogP contribution < -0.4 is 5.32 Å². The summed E-state index contributed by atoms with van der Waals surface area (Å²) in [4.78, 5) is 8.61. The van der Waals surface area contributed by atoms with Crippen molar-refractivity contribution in [1.82, 2.24) is 9.97 Å². The Hall–Kier alpha value is -1.94. The second-order valence-corrected chi connectivity index (χ2v) is 4.27. The van der Waals surface area contributed by atoms with Crippen molar-refractivity contribution in [2.24, 2.45) is 0 Å². The summed E-state index contributed by atoms with van der Waals surface area (Å²) in [5.74, 6) is 0.807. The van der Waals surface area contributed by atoms with E-state index in [4.69, 9.17) is 0 Å². The number of pyridine rings is 1. The number of hydrogen-bond donors (Lipinski definition) is 1. The molecule has 3 rings (SSSR count). The van der Waals surface area contributed by atoms with Gasteiger partial charge < -0.3 is 5.32 Å². The minimum atomic E-state index is 0.807. The number of fused-ring (bicyclic) bond motifs is 1. The molecular weight excluding hydrogens is 218 g/mol. The molecule has 1 N–H and O–H groups in total. The van der Waals surface area contributed by atoms with Gasteiger partial charge in [-0.3, -0.25) is 0 Å². The Balaban J connectivity index is 1.95. The summed E-state index contributed by atoms with van der Waals surface area (Å²) < 4.78 is 1.13. The van der Waals surface area contributed by atoms with E-state index in [0.717, 1.165) is 21.2 Å². The van der Waals surface area contributed by atoms with Gasteiger partial charge in [0.2, 0.25) is 0 Å². The summed E-state index contributed by atoms with van der Waals surface area (Å²) in [6.45, 7) is 0. The van der Waals surface area contributed by atoms with E-state index in [0.29, 0.717) is 0 Å². The number of rotatable bonds is 2. The van der Waals surface area contributed by atoms with Crippen LogP contribution in [0.4, 0.5) is 10.9 Å². The Labute approximate surface area is 96.8 Å². The summed E-state index contributed by atoms with van der Waals surface area (Å²) in [6.07, 6.45) is 1.75. The van der Waals surface area contributed by atoms with E-state index in [9.17, 15) is 0 Å². The van der Waals surface area contributed by atoms with Crippen LogP contribution in [0.15, 0.2) is 42.6 Å². The average Bonchev–Trinajstić information content (AvgIpc) is 2.72. The normalized spacial score (nSPS) is 10.5. The van der Waals surface area contributed by atoms with Crippen LogP contribution in [-0.2, 0) is 0 Å². The third kappa shape index (κ3) is 1.75. The van der Waals surface area contributed by atoms with Crippen LogP contribution in [0.25, 0.3) is 10.2 Å². The molecular formula is C12H8N3S. The van der Waals surface area contributed by atoms with Crippen molar-refractivity contribution in [3.8, 4) is 0 Å². The Bertz CT molecular complexity index is 571. The van der Waals surface area contributed by atoms with Gasteiger partial charge in [-0.05, 0) is 18.2 Å².